The first-order chi connectivity index (χ1) is 7.93. The number of nitrogens with one attached hydrogen (secondary N) is 2. The van der Waals surface area contributed by atoms with E-state index in [4.69, 9.17) is 0 Å². The minimum absolute atomic E-state index is 0.0977. The minimum atomic E-state index is -4.30. The molecule has 0 aliphatic carbocycles. The molecule has 0 saturated carbocycles. The lowest BCUT2D eigenvalue weighted by atomic mass is 10.1. The molecule has 0 bridgehead atoms. The first kappa shape index (κ1) is 12.0. The highest BCUT2D eigenvalue weighted by atomic mass is 19.4. The van der Waals surface area contributed by atoms with Gasteiger partial charge in [-0.1, -0.05) is 6.07 Å². The van der Waals surface area contributed by atoms with Crippen LogP contribution in [0.5, 0.6) is 0 Å². The zero-order valence-corrected chi connectivity index (χ0v) is 9.52. The van der Waals surface area contributed by atoms with Crippen LogP contribution in [0.4, 0.5) is 13.2 Å². The summed E-state index contributed by atoms with van der Waals surface area (Å²) in [7, 11) is 1.81. The Bertz CT molecular complexity index is 528. The average Bonchev–Trinajstić information content (AvgIpc) is 2.69. The highest BCUT2D eigenvalue weighted by Gasteiger charge is 2.30. The fraction of sp³-hybridized carbons (Fsp3) is 0.333. The quantitative estimate of drug-likeness (QED) is 0.829. The SMILES string of the molecule is CNC(C)c1c[nH]c2cc(C(F)(F)F)ccc12. The molecule has 0 amide bonds. The molecule has 2 N–H and O–H groups in total. The topological polar surface area (TPSA) is 27.8 Å². The van der Waals surface area contributed by atoms with Gasteiger partial charge in [0.1, 0.15) is 0 Å². The molecule has 1 heterocycles. The molecule has 0 fully saturated rings. The van der Waals surface area contributed by atoms with E-state index < -0.39 is 11.7 Å². The van der Waals surface area contributed by atoms with Gasteiger partial charge in [0.05, 0.1) is 5.56 Å². The van der Waals surface area contributed by atoms with Crippen molar-refractivity contribution in [3.8, 4) is 0 Å². The van der Waals surface area contributed by atoms with Gasteiger partial charge in [-0.15, -0.1) is 0 Å². The maximum absolute atomic E-state index is 12.5. The van der Waals surface area contributed by atoms with E-state index in [1.165, 1.54) is 6.07 Å². The van der Waals surface area contributed by atoms with Crippen LogP contribution in [0, 0.1) is 0 Å². The van der Waals surface area contributed by atoms with Gasteiger partial charge in [0.2, 0.25) is 0 Å². The Labute approximate surface area is 96.8 Å². The van der Waals surface area contributed by atoms with Crippen LogP contribution in [0.1, 0.15) is 24.1 Å². The Balaban J connectivity index is 2.52. The standard InChI is InChI=1S/C12H13F3N2/c1-7(16-2)10-6-17-11-5-8(12(13,14)15)3-4-9(10)11/h3-7,16-17H,1-2H3. The molecule has 1 unspecified atom stereocenters. The average molecular weight is 242 g/mol. The number of halogens is 3. The number of rotatable bonds is 2. The molecular formula is C12H13F3N2. The second kappa shape index (κ2) is 4.07. The number of hydrogen-bond acceptors (Lipinski definition) is 1. The van der Waals surface area contributed by atoms with Crippen LogP contribution in [0.2, 0.25) is 0 Å². The molecule has 1 aromatic heterocycles. The second-order valence-electron chi connectivity index (χ2n) is 4.01. The van der Waals surface area contributed by atoms with Gasteiger partial charge in [0.15, 0.2) is 0 Å². The molecule has 92 valence electrons. The van der Waals surface area contributed by atoms with Gasteiger partial charge in [0, 0.05) is 23.1 Å². The van der Waals surface area contributed by atoms with E-state index in [2.05, 4.69) is 10.3 Å². The number of H-pyrrole nitrogens is 1. The molecule has 0 radical (unpaired) electrons. The minimum Gasteiger partial charge on any atom is -0.361 e. The van der Waals surface area contributed by atoms with Crippen LogP contribution in [0.25, 0.3) is 10.9 Å². The van der Waals surface area contributed by atoms with Crippen LogP contribution < -0.4 is 5.32 Å². The van der Waals surface area contributed by atoms with Crippen molar-refractivity contribution in [2.75, 3.05) is 7.05 Å². The van der Waals surface area contributed by atoms with E-state index in [9.17, 15) is 13.2 Å². The molecule has 0 aliphatic rings. The summed E-state index contributed by atoms with van der Waals surface area (Å²) in [5.74, 6) is 0. The zero-order valence-electron chi connectivity index (χ0n) is 9.52. The monoisotopic (exact) mass is 242 g/mol. The molecule has 0 aliphatic heterocycles. The Kier molecular flexibility index (Phi) is 2.87. The van der Waals surface area contributed by atoms with Crippen molar-refractivity contribution in [1.29, 1.82) is 0 Å². The van der Waals surface area contributed by atoms with Gasteiger partial charge >= 0.3 is 6.18 Å². The molecule has 0 spiro atoms. The maximum Gasteiger partial charge on any atom is 0.416 e. The van der Waals surface area contributed by atoms with Gasteiger partial charge < -0.3 is 10.3 Å². The summed E-state index contributed by atoms with van der Waals surface area (Å²) in [4.78, 5) is 2.88. The molecule has 1 atom stereocenters. The molecular weight excluding hydrogens is 229 g/mol. The van der Waals surface area contributed by atoms with Crippen molar-refractivity contribution >= 4 is 10.9 Å². The number of alkyl halides is 3. The Hall–Kier alpha value is -1.49. The summed E-state index contributed by atoms with van der Waals surface area (Å²) in [6, 6.07) is 3.86. The van der Waals surface area contributed by atoms with E-state index in [0.29, 0.717) is 5.52 Å². The van der Waals surface area contributed by atoms with E-state index in [1.54, 1.807) is 6.20 Å². The Morgan fingerprint density at radius 3 is 2.59 bits per heavy atom. The van der Waals surface area contributed by atoms with Crippen molar-refractivity contribution in [3.05, 3.63) is 35.5 Å². The fourth-order valence-electron chi connectivity index (χ4n) is 1.84. The lowest BCUT2D eigenvalue weighted by molar-refractivity contribution is -0.137. The lowest BCUT2D eigenvalue weighted by Crippen LogP contribution is -2.11. The van der Waals surface area contributed by atoms with Crippen LogP contribution >= 0.6 is 0 Å². The molecule has 5 heteroatoms. The molecule has 2 aromatic rings. The second-order valence-corrected chi connectivity index (χ2v) is 4.01. The maximum atomic E-state index is 12.5. The molecule has 2 nitrogen and oxygen atoms in total. The fourth-order valence-corrected chi connectivity index (χ4v) is 1.84. The number of aromatic amines is 1. The Morgan fingerprint density at radius 1 is 1.29 bits per heavy atom. The smallest absolute Gasteiger partial charge is 0.361 e. The van der Waals surface area contributed by atoms with Gasteiger partial charge in [-0.05, 0) is 31.7 Å². The highest BCUT2D eigenvalue weighted by Crippen LogP contribution is 2.32. The highest BCUT2D eigenvalue weighted by molar-refractivity contribution is 5.84. The van der Waals surface area contributed by atoms with Crippen molar-refractivity contribution < 1.29 is 13.2 Å². The van der Waals surface area contributed by atoms with Crippen molar-refractivity contribution in [2.45, 2.75) is 19.1 Å². The van der Waals surface area contributed by atoms with Crippen LogP contribution in [0.3, 0.4) is 0 Å². The number of aromatic nitrogens is 1. The number of fused-ring (bicyclic) bond motifs is 1. The largest absolute Gasteiger partial charge is 0.416 e. The molecule has 2 rings (SSSR count). The van der Waals surface area contributed by atoms with Gasteiger partial charge in [0.25, 0.3) is 0 Å². The summed E-state index contributed by atoms with van der Waals surface area (Å²) < 4.78 is 37.6. The first-order valence-corrected chi connectivity index (χ1v) is 5.29. The summed E-state index contributed by atoms with van der Waals surface area (Å²) in [5, 5.41) is 3.88. The summed E-state index contributed by atoms with van der Waals surface area (Å²) in [6.07, 6.45) is -2.56. The summed E-state index contributed by atoms with van der Waals surface area (Å²) in [6.45, 7) is 1.96. The first-order valence-electron chi connectivity index (χ1n) is 5.29. The van der Waals surface area contributed by atoms with Crippen LogP contribution in [0.15, 0.2) is 24.4 Å². The number of benzene rings is 1. The molecule has 0 saturated heterocycles. The summed E-state index contributed by atoms with van der Waals surface area (Å²) in [5.41, 5.74) is 0.851. The Morgan fingerprint density at radius 2 is 2.00 bits per heavy atom. The van der Waals surface area contributed by atoms with Crippen LogP contribution in [-0.4, -0.2) is 12.0 Å². The third kappa shape index (κ3) is 2.15. The summed E-state index contributed by atoms with van der Waals surface area (Å²) >= 11 is 0. The van der Waals surface area contributed by atoms with E-state index in [1.807, 2.05) is 14.0 Å². The predicted octanol–water partition coefficient (Wildman–Crippen LogP) is 3.47. The van der Waals surface area contributed by atoms with Crippen molar-refractivity contribution in [2.24, 2.45) is 0 Å². The van der Waals surface area contributed by atoms with E-state index >= 15 is 0 Å². The van der Waals surface area contributed by atoms with Crippen molar-refractivity contribution in [3.63, 3.8) is 0 Å². The van der Waals surface area contributed by atoms with E-state index in [-0.39, 0.29) is 6.04 Å². The van der Waals surface area contributed by atoms with Crippen LogP contribution in [-0.2, 0) is 6.18 Å². The lowest BCUT2D eigenvalue weighted by Gasteiger charge is -2.09. The molecule has 1 aromatic carbocycles. The molecule has 17 heavy (non-hydrogen) atoms. The van der Waals surface area contributed by atoms with Gasteiger partial charge in [-0.3, -0.25) is 0 Å². The zero-order chi connectivity index (χ0) is 12.6. The third-order valence-corrected chi connectivity index (χ3v) is 2.94. The normalized spacial score (nSPS) is 14.2. The van der Waals surface area contributed by atoms with Gasteiger partial charge in [-0.25, -0.2) is 0 Å². The van der Waals surface area contributed by atoms with Crippen molar-refractivity contribution in [1.82, 2.24) is 10.3 Å². The van der Waals surface area contributed by atoms with E-state index in [0.717, 1.165) is 23.1 Å². The number of hydrogen-bond donors (Lipinski definition) is 2. The van der Waals surface area contributed by atoms with Gasteiger partial charge in [-0.2, -0.15) is 13.2 Å². The predicted molar refractivity (Wildman–Crippen MR) is 60.8 cm³/mol. The third-order valence-electron chi connectivity index (χ3n) is 2.94.